The lowest BCUT2D eigenvalue weighted by Gasteiger charge is -2.47. The van der Waals surface area contributed by atoms with Crippen LogP contribution >= 0.6 is 0 Å². The van der Waals surface area contributed by atoms with E-state index in [1.54, 1.807) is 0 Å². The molecule has 2 unspecified atom stereocenters. The molecule has 2 atom stereocenters. The molecule has 2 rings (SSSR count). The molecular weight excluding hydrogens is 232 g/mol. The number of nitrogens with one attached hydrogen (secondary N) is 1. The van der Waals surface area contributed by atoms with E-state index in [1.807, 2.05) is 0 Å². The molecule has 1 N–H and O–H groups in total. The van der Waals surface area contributed by atoms with Gasteiger partial charge in [0.15, 0.2) is 0 Å². The molecule has 2 aliphatic rings. The van der Waals surface area contributed by atoms with Crippen LogP contribution in [0.4, 0.5) is 0 Å². The van der Waals surface area contributed by atoms with Crippen LogP contribution in [-0.4, -0.2) is 36.1 Å². The highest BCUT2D eigenvalue weighted by atomic mass is 15.3. The molecule has 19 heavy (non-hydrogen) atoms. The smallest absolute Gasteiger partial charge is 0.0309 e. The van der Waals surface area contributed by atoms with E-state index in [0.29, 0.717) is 11.6 Å². The number of hydrogen-bond acceptors (Lipinski definition) is 2. The Morgan fingerprint density at radius 2 is 1.74 bits per heavy atom. The fourth-order valence-corrected chi connectivity index (χ4v) is 3.84. The summed E-state index contributed by atoms with van der Waals surface area (Å²) in [6, 6.07) is 0.687. The molecule has 2 heteroatoms. The fraction of sp³-hybridized carbons (Fsp3) is 1.00. The van der Waals surface area contributed by atoms with Gasteiger partial charge in [-0.15, -0.1) is 0 Å². The van der Waals surface area contributed by atoms with Gasteiger partial charge in [0.2, 0.25) is 0 Å². The molecule has 1 aliphatic carbocycles. The van der Waals surface area contributed by atoms with Crippen LogP contribution in [0.25, 0.3) is 0 Å². The minimum Gasteiger partial charge on any atom is -0.308 e. The summed E-state index contributed by atoms with van der Waals surface area (Å²) in [4.78, 5) is 2.76. The quantitative estimate of drug-likeness (QED) is 0.820. The molecule has 0 amide bonds. The summed E-state index contributed by atoms with van der Waals surface area (Å²) in [5.74, 6) is 3.33. The molecule has 112 valence electrons. The van der Waals surface area contributed by atoms with Gasteiger partial charge in [0.1, 0.15) is 0 Å². The van der Waals surface area contributed by atoms with Crippen LogP contribution in [-0.2, 0) is 0 Å². The standard InChI is InChI=1S/C17H34N2/c1-12(2)16(13(3)4)10-19-11-17(6,15-7-8-15)18-9-14(19)5/h12-16,18H,7-11H2,1-6H3. The van der Waals surface area contributed by atoms with Crippen molar-refractivity contribution in [2.45, 2.75) is 66.0 Å². The van der Waals surface area contributed by atoms with Crippen molar-refractivity contribution in [2.75, 3.05) is 19.6 Å². The van der Waals surface area contributed by atoms with Gasteiger partial charge in [-0.25, -0.2) is 0 Å². The number of piperazine rings is 1. The predicted molar refractivity (Wildman–Crippen MR) is 83.3 cm³/mol. The lowest BCUT2D eigenvalue weighted by Crippen LogP contribution is -2.64. The van der Waals surface area contributed by atoms with Crippen LogP contribution in [0.15, 0.2) is 0 Å². The van der Waals surface area contributed by atoms with E-state index in [0.717, 1.165) is 30.2 Å². The third-order valence-corrected chi connectivity index (χ3v) is 5.59. The Morgan fingerprint density at radius 3 is 2.21 bits per heavy atom. The number of nitrogens with zero attached hydrogens (tertiary/aromatic N) is 1. The lowest BCUT2D eigenvalue weighted by atomic mass is 9.83. The molecule has 0 bridgehead atoms. The van der Waals surface area contributed by atoms with Crippen molar-refractivity contribution < 1.29 is 0 Å². The zero-order chi connectivity index (χ0) is 14.2. The van der Waals surface area contributed by atoms with Gasteiger partial charge in [-0.2, -0.15) is 0 Å². The topological polar surface area (TPSA) is 15.3 Å². The van der Waals surface area contributed by atoms with E-state index in [-0.39, 0.29) is 0 Å². The van der Waals surface area contributed by atoms with Crippen LogP contribution in [0, 0.1) is 23.7 Å². The normalized spacial score (nSPS) is 33.6. The van der Waals surface area contributed by atoms with Crippen LogP contribution in [0.2, 0.25) is 0 Å². The van der Waals surface area contributed by atoms with Gasteiger partial charge in [-0.1, -0.05) is 27.7 Å². The first-order valence-corrected chi connectivity index (χ1v) is 8.32. The van der Waals surface area contributed by atoms with Crippen LogP contribution in [0.5, 0.6) is 0 Å². The Kier molecular flexibility index (Phi) is 4.62. The van der Waals surface area contributed by atoms with Crippen LogP contribution in [0.1, 0.15) is 54.4 Å². The molecule has 0 spiro atoms. The van der Waals surface area contributed by atoms with Crippen molar-refractivity contribution in [3.05, 3.63) is 0 Å². The molecule has 0 aromatic heterocycles. The van der Waals surface area contributed by atoms with Crippen molar-refractivity contribution in [1.82, 2.24) is 10.2 Å². The first-order chi connectivity index (χ1) is 8.83. The van der Waals surface area contributed by atoms with Gasteiger partial charge < -0.3 is 5.32 Å². The highest BCUT2D eigenvalue weighted by Gasteiger charge is 2.45. The zero-order valence-electron chi connectivity index (χ0n) is 13.9. The van der Waals surface area contributed by atoms with Crippen molar-refractivity contribution in [3.63, 3.8) is 0 Å². The molecule has 1 aliphatic heterocycles. The van der Waals surface area contributed by atoms with E-state index in [2.05, 4.69) is 51.8 Å². The molecular formula is C17H34N2. The van der Waals surface area contributed by atoms with Crippen molar-refractivity contribution >= 4 is 0 Å². The van der Waals surface area contributed by atoms with E-state index in [4.69, 9.17) is 0 Å². The maximum Gasteiger partial charge on any atom is 0.0309 e. The van der Waals surface area contributed by atoms with Gasteiger partial charge in [-0.3, -0.25) is 4.90 Å². The average Bonchev–Trinajstić information content (AvgIpc) is 3.13. The Balaban J connectivity index is 2.00. The van der Waals surface area contributed by atoms with Crippen LogP contribution < -0.4 is 5.32 Å². The third-order valence-electron chi connectivity index (χ3n) is 5.59. The predicted octanol–water partition coefficient (Wildman–Crippen LogP) is 3.38. The van der Waals surface area contributed by atoms with Crippen molar-refractivity contribution in [2.24, 2.45) is 23.7 Å². The summed E-state index contributed by atoms with van der Waals surface area (Å²) in [5, 5.41) is 3.83. The minimum atomic E-state index is 0.380. The second-order valence-corrected chi connectivity index (χ2v) is 8.00. The summed E-state index contributed by atoms with van der Waals surface area (Å²) in [5.41, 5.74) is 0.380. The Morgan fingerprint density at radius 1 is 1.16 bits per heavy atom. The van der Waals surface area contributed by atoms with Crippen molar-refractivity contribution in [1.29, 1.82) is 0 Å². The van der Waals surface area contributed by atoms with E-state index < -0.39 is 0 Å². The maximum atomic E-state index is 3.83. The van der Waals surface area contributed by atoms with Gasteiger partial charge in [-0.05, 0) is 50.4 Å². The fourth-order valence-electron chi connectivity index (χ4n) is 3.84. The second kappa shape index (κ2) is 5.73. The molecule has 2 fully saturated rings. The molecule has 2 nitrogen and oxygen atoms in total. The monoisotopic (exact) mass is 266 g/mol. The van der Waals surface area contributed by atoms with Gasteiger partial charge in [0.05, 0.1) is 0 Å². The van der Waals surface area contributed by atoms with E-state index in [1.165, 1.54) is 25.9 Å². The summed E-state index contributed by atoms with van der Waals surface area (Å²) in [6.07, 6.45) is 2.87. The first-order valence-electron chi connectivity index (χ1n) is 8.32. The molecule has 0 radical (unpaired) electrons. The molecule has 0 aromatic carbocycles. The first kappa shape index (κ1) is 15.3. The third kappa shape index (κ3) is 3.52. The summed E-state index contributed by atoms with van der Waals surface area (Å²) >= 11 is 0. The van der Waals surface area contributed by atoms with Gasteiger partial charge in [0, 0.05) is 31.2 Å². The highest BCUT2D eigenvalue weighted by molar-refractivity contribution is 5.03. The molecule has 1 saturated heterocycles. The SMILES string of the molecule is CC(C)C(CN1CC(C)(C2CC2)NCC1C)C(C)C. The number of hydrogen-bond donors (Lipinski definition) is 1. The molecule has 1 heterocycles. The largest absolute Gasteiger partial charge is 0.308 e. The number of rotatable bonds is 5. The summed E-state index contributed by atoms with van der Waals surface area (Å²) in [7, 11) is 0. The van der Waals surface area contributed by atoms with E-state index >= 15 is 0 Å². The van der Waals surface area contributed by atoms with E-state index in [9.17, 15) is 0 Å². The highest BCUT2D eigenvalue weighted by Crippen LogP contribution is 2.41. The summed E-state index contributed by atoms with van der Waals surface area (Å²) < 4.78 is 0. The Bertz CT molecular complexity index is 288. The minimum absolute atomic E-state index is 0.380. The Hall–Kier alpha value is -0.0800. The summed E-state index contributed by atoms with van der Waals surface area (Å²) in [6.45, 7) is 18.1. The molecule has 1 saturated carbocycles. The maximum absolute atomic E-state index is 3.83. The van der Waals surface area contributed by atoms with Crippen LogP contribution in [0.3, 0.4) is 0 Å². The van der Waals surface area contributed by atoms with Gasteiger partial charge in [0.25, 0.3) is 0 Å². The van der Waals surface area contributed by atoms with Gasteiger partial charge >= 0.3 is 0 Å². The average molecular weight is 266 g/mol. The lowest BCUT2D eigenvalue weighted by molar-refractivity contribution is 0.0521. The second-order valence-electron chi connectivity index (χ2n) is 8.00. The van der Waals surface area contributed by atoms with Crippen molar-refractivity contribution in [3.8, 4) is 0 Å². The molecule has 0 aromatic rings. The Labute approximate surface area is 120 Å². The zero-order valence-corrected chi connectivity index (χ0v) is 13.9.